The summed E-state index contributed by atoms with van der Waals surface area (Å²) in [5.41, 5.74) is 1.40. The minimum Gasteiger partial charge on any atom is -0.465 e. The quantitative estimate of drug-likeness (QED) is 0.544. The zero-order valence-corrected chi connectivity index (χ0v) is 19.3. The number of hydrogen-bond donors (Lipinski definition) is 1. The minimum absolute atomic E-state index is 0.0137. The summed E-state index contributed by atoms with van der Waals surface area (Å²) in [6, 6.07) is 17.9. The molecule has 2 atom stereocenters. The van der Waals surface area contributed by atoms with Gasteiger partial charge in [-0.05, 0) is 50.7 Å². The largest absolute Gasteiger partial charge is 0.465 e. The van der Waals surface area contributed by atoms with Gasteiger partial charge in [0, 0.05) is 41.3 Å². The second-order valence-electron chi connectivity index (χ2n) is 8.87. The van der Waals surface area contributed by atoms with Gasteiger partial charge in [-0.3, -0.25) is 4.98 Å². The van der Waals surface area contributed by atoms with Crippen LogP contribution in [0.15, 0.2) is 67.0 Å². The Morgan fingerprint density at radius 1 is 1.09 bits per heavy atom. The van der Waals surface area contributed by atoms with Gasteiger partial charge in [0.2, 0.25) is 0 Å². The lowest BCUT2D eigenvalue weighted by atomic mass is 9.96. The fraction of sp³-hybridized carbons (Fsp3) is 0.320. The second-order valence-corrected chi connectivity index (χ2v) is 9.24. The topological polar surface area (TPSA) is 63.7 Å². The van der Waals surface area contributed by atoms with Gasteiger partial charge in [0.15, 0.2) is 0 Å². The summed E-state index contributed by atoms with van der Waals surface area (Å²) in [5, 5.41) is 5.51. The maximum atomic E-state index is 12.7. The summed E-state index contributed by atoms with van der Waals surface area (Å²) in [4.78, 5) is 18.6. The monoisotopic (exact) mass is 449 g/mol. The molecule has 0 spiro atoms. The molecule has 6 nitrogen and oxygen atoms in total. The van der Waals surface area contributed by atoms with Crippen LogP contribution in [0.4, 0.5) is 10.5 Å². The Bertz CT molecular complexity index is 1110. The van der Waals surface area contributed by atoms with E-state index in [0.717, 1.165) is 22.0 Å². The number of likely N-dealkylation sites (tertiary alicyclic amines) is 1. The molecule has 0 radical (unpaired) electrons. The summed E-state index contributed by atoms with van der Waals surface area (Å²) in [6.45, 7) is 6.50. The van der Waals surface area contributed by atoms with E-state index < -0.39 is 5.60 Å². The van der Waals surface area contributed by atoms with Gasteiger partial charge in [-0.2, -0.15) is 0 Å². The maximum absolute atomic E-state index is 12.7. The van der Waals surface area contributed by atoms with Crippen molar-refractivity contribution in [2.45, 2.75) is 38.4 Å². The van der Waals surface area contributed by atoms with Crippen molar-refractivity contribution in [2.75, 3.05) is 18.4 Å². The number of anilines is 1. The number of fused-ring (bicyclic) bond motifs is 1. The predicted molar refractivity (Wildman–Crippen MR) is 130 cm³/mol. The molecule has 1 aliphatic heterocycles. The van der Waals surface area contributed by atoms with Crippen molar-refractivity contribution in [1.29, 1.82) is 0 Å². The van der Waals surface area contributed by atoms with Crippen molar-refractivity contribution < 1.29 is 14.3 Å². The average molecular weight is 450 g/mol. The number of nitrogens with one attached hydrogen (secondary N) is 1. The minimum atomic E-state index is -0.557. The fourth-order valence-corrected chi connectivity index (χ4v) is 4.13. The first-order valence-corrected chi connectivity index (χ1v) is 11.0. The van der Waals surface area contributed by atoms with Crippen molar-refractivity contribution in [3.05, 3.63) is 72.6 Å². The number of rotatable bonds is 3. The summed E-state index contributed by atoms with van der Waals surface area (Å²) < 4.78 is 11.8. The van der Waals surface area contributed by atoms with Gasteiger partial charge in [-0.25, -0.2) is 4.79 Å². The average Bonchev–Trinajstić information content (AvgIpc) is 3.17. The van der Waals surface area contributed by atoms with Crippen LogP contribution in [-0.4, -0.2) is 45.9 Å². The number of benzene rings is 2. The van der Waals surface area contributed by atoms with E-state index in [1.165, 1.54) is 0 Å². The summed E-state index contributed by atoms with van der Waals surface area (Å²) in [6.07, 6.45) is 2.93. The molecule has 1 amide bonds. The van der Waals surface area contributed by atoms with Gasteiger partial charge >= 0.3 is 6.09 Å². The molecule has 7 heteroatoms. The number of nitrogens with zero attached hydrogens (tertiary/aromatic N) is 2. The Kier molecular flexibility index (Phi) is 6.28. The molecule has 1 aliphatic rings. The number of amides is 1. The third kappa shape index (κ3) is 5.16. The highest BCUT2D eigenvalue weighted by Gasteiger charge is 2.39. The van der Waals surface area contributed by atoms with Crippen molar-refractivity contribution in [3.8, 4) is 0 Å². The third-order valence-corrected chi connectivity index (χ3v) is 5.52. The van der Waals surface area contributed by atoms with Crippen LogP contribution in [0.3, 0.4) is 0 Å². The molecule has 1 fully saturated rings. The van der Waals surface area contributed by atoms with Gasteiger partial charge in [0.05, 0.1) is 6.54 Å². The first-order chi connectivity index (χ1) is 15.3. The van der Waals surface area contributed by atoms with Gasteiger partial charge in [0.25, 0.3) is 5.17 Å². The molecule has 0 unspecified atom stereocenters. The van der Waals surface area contributed by atoms with Gasteiger partial charge in [-0.15, -0.1) is 0 Å². The highest BCUT2D eigenvalue weighted by atomic mass is 32.1. The summed E-state index contributed by atoms with van der Waals surface area (Å²) in [7, 11) is 0. The molecule has 2 heterocycles. The first kappa shape index (κ1) is 22.0. The number of ether oxygens (including phenoxy) is 2. The van der Waals surface area contributed by atoms with Crippen LogP contribution in [0.1, 0.15) is 32.3 Å². The molecular weight excluding hydrogens is 422 g/mol. The van der Waals surface area contributed by atoms with Crippen LogP contribution in [0, 0.1) is 0 Å². The SMILES string of the molecule is CC(C)(C)OC(=O)N1C[C@H](OC(=S)Nc2cccc3cnccc23)[C@H](c2ccccc2)C1. The normalized spacial score (nSPS) is 18.4. The Morgan fingerprint density at radius 3 is 2.62 bits per heavy atom. The standard InChI is InChI=1S/C25H27N3O3S/c1-25(2,3)31-24(29)28-15-20(17-8-5-4-6-9-17)22(16-28)30-23(32)27-21-11-7-10-18-14-26-13-12-19(18)21/h4-14,20,22H,15-16H2,1-3H3,(H,27,32)/t20-,22-/m0/s1. The Morgan fingerprint density at radius 2 is 1.88 bits per heavy atom. The lowest BCUT2D eigenvalue weighted by molar-refractivity contribution is 0.0273. The Balaban J connectivity index is 1.51. The second kappa shape index (κ2) is 9.12. The predicted octanol–water partition coefficient (Wildman–Crippen LogP) is 5.35. The van der Waals surface area contributed by atoms with E-state index in [1.807, 2.05) is 81.6 Å². The van der Waals surface area contributed by atoms with Crippen molar-refractivity contribution >= 4 is 39.9 Å². The number of hydrogen-bond acceptors (Lipinski definition) is 5. The molecule has 3 aromatic rings. The molecule has 1 saturated heterocycles. The molecule has 1 N–H and O–H groups in total. The van der Waals surface area contributed by atoms with E-state index >= 15 is 0 Å². The van der Waals surface area contributed by atoms with Crippen LogP contribution in [0.5, 0.6) is 0 Å². The van der Waals surface area contributed by atoms with Gasteiger partial charge in [-0.1, -0.05) is 42.5 Å². The number of aromatic nitrogens is 1. The maximum Gasteiger partial charge on any atom is 0.410 e. The lowest BCUT2D eigenvalue weighted by Gasteiger charge is -2.24. The van der Waals surface area contributed by atoms with E-state index in [1.54, 1.807) is 11.1 Å². The van der Waals surface area contributed by atoms with Crippen LogP contribution < -0.4 is 5.32 Å². The van der Waals surface area contributed by atoms with Gasteiger partial charge in [0.1, 0.15) is 11.7 Å². The molecule has 1 aromatic heterocycles. The van der Waals surface area contributed by atoms with Crippen LogP contribution >= 0.6 is 12.2 Å². The van der Waals surface area contributed by atoms with Crippen LogP contribution in [-0.2, 0) is 9.47 Å². The van der Waals surface area contributed by atoms with Crippen molar-refractivity contribution in [1.82, 2.24) is 9.88 Å². The fourth-order valence-electron chi connectivity index (χ4n) is 3.90. The van der Waals surface area contributed by atoms with Crippen molar-refractivity contribution in [3.63, 3.8) is 0 Å². The zero-order valence-electron chi connectivity index (χ0n) is 18.4. The van der Waals surface area contributed by atoms with Crippen molar-refractivity contribution in [2.24, 2.45) is 0 Å². The lowest BCUT2D eigenvalue weighted by Crippen LogP contribution is -2.36. The molecule has 0 aliphatic carbocycles. The Hall–Kier alpha value is -3.19. The van der Waals surface area contributed by atoms with Crippen LogP contribution in [0.2, 0.25) is 0 Å². The summed E-state index contributed by atoms with van der Waals surface area (Å²) in [5.74, 6) is -0.0137. The molecule has 0 bridgehead atoms. The Labute approximate surface area is 193 Å². The van der Waals surface area contributed by atoms with E-state index in [-0.39, 0.29) is 23.3 Å². The molecule has 2 aromatic carbocycles. The van der Waals surface area contributed by atoms with E-state index in [9.17, 15) is 4.79 Å². The zero-order chi connectivity index (χ0) is 22.7. The van der Waals surface area contributed by atoms with Gasteiger partial charge < -0.3 is 19.7 Å². The van der Waals surface area contributed by atoms with Crippen LogP contribution in [0.25, 0.3) is 10.8 Å². The first-order valence-electron chi connectivity index (χ1n) is 10.6. The van der Waals surface area contributed by atoms with E-state index in [2.05, 4.69) is 10.3 Å². The molecular formula is C25H27N3O3S. The molecule has 0 saturated carbocycles. The molecule has 32 heavy (non-hydrogen) atoms. The van der Waals surface area contributed by atoms with E-state index in [0.29, 0.717) is 13.1 Å². The number of carbonyl (C=O) groups excluding carboxylic acids is 1. The third-order valence-electron chi connectivity index (χ3n) is 5.32. The molecule has 166 valence electrons. The number of thiocarbonyl (C=S) groups is 1. The smallest absolute Gasteiger partial charge is 0.410 e. The number of carbonyl (C=O) groups is 1. The highest BCUT2D eigenvalue weighted by Crippen LogP contribution is 2.31. The summed E-state index contributed by atoms with van der Waals surface area (Å²) >= 11 is 5.55. The number of pyridine rings is 1. The van der Waals surface area contributed by atoms with E-state index in [4.69, 9.17) is 21.7 Å². The highest BCUT2D eigenvalue weighted by molar-refractivity contribution is 7.80. The molecule has 4 rings (SSSR count).